The first-order valence-corrected chi connectivity index (χ1v) is 11.4. The van der Waals surface area contributed by atoms with Gasteiger partial charge in [-0.1, -0.05) is 60.7 Å². The molecule has 0 aromatic heterocycles. The molecule has 1 fully saturated rings. The third-order valence-corrected chi connectivity index (χ3v) is 5.60. The molecule has 8 nitrogen and oxygen atoms in total. The highest BCUT2D eigenvalue weighted by atomic mass is 19.1. The molecule has 3 amide bonds. The molecule has 3 aromatic carbocycles. The van der Waals surface area contributed by atoms with E-state index in [1.165, 1.54) is 28.9 Å². The van der Waals surface area contributed by atoms with Crippen LogP contribution in [0.15, 0.2) is 78.9 Å². The van der Waals surface area contributed by atoms with Gasteiger partial charge in [-0.25, -0.2) is 14.0 Å². The van der Waals surface area contributed by atoms with Crippen molar-refractivity contribution in [2.45, 2.75) is 26.2 Å². The first kappa shape index (κ1) is 24.7. The lowest BCUT2D eigenvalue weighted by molar-refractivity contribution is -0.119. The van der Waals surface area contributed by atoms with E-state index < -0.39 is 24.1 Å². The molecule has 9 heteroatoms. The normalized spacial score (nSPS) is 14.8. The third-order valence-electron chi connectivity index (χ3n) is 5.60. The van der Waals surface area contributed by atoms with Crippen molar-refractivity contribution < 1.29 is 28.2 Å². The Kier molecular flexibility index (Phi) is 7.79. The van der Waals surface area contributed by atoms with Crippen LogP contribution in [0, 0.1) is 5.82 Å². The van der Waals surface area contributed by atoms with Crippen LogP contribution >= 0.6 is 0 Å². The molecule has 1 aliphatic heterocycles. The number of carbonyl (C=O) groups excluding carboxylic acids is 3. The van der Waals surface area contributed by atoms with Crippen LogP contribution in [-0.4, -0.2) is 37.3 Å². The number of rotatable bonds is 8. The Morgan fingerprint density at radius 1 is 1.06 bits per heavy atom. The van der Waals surface area contributed by atoms with Crippen LogP contribution in [0.5, 0.6) is 0 Å². The van der Waals surface area contributed by atoms with Gasteiger partial charge < -0.3 is 14.8 Å². The molecule has 186 valence electrons. The summed E-state index contributed by atoms with van der Waals surface area (Å²) in [6.45, 7) is 1.82. The molecule has 1 saturated heterocycles. The number of nitrogens with one attached hydrogen (secondary N) is 1. The second-order valence-electron chi connectivity index (χ2n) is 8.30. The summed E-state index contributed by atoms with van der Waals surface area (Å²) in [6, 6.07) is 22.6. The van der Waals surface area contributed by atoms with Gasteiger partial charge in [0.2, 0.25) is 5.91 Å². The Morgan fingerprint density at radius 2 is 1.72 bits per heavy atom. The summed E-state index contributed by atoms with van der Waals surface area (Å²) < 4.78 is 26.1. The molecule has 0 spiro atoms. The van der Waals surface area contributed by atoms with E-state index in [-0.39, 0.29) is 43.5 Å². The van der Waals surface area contributed by atoms with Gasteiger partial charge >= 0.3 is 12.2 Å². The molecule has 4 rings (SSSR count). The molecule has 0 bridgehead atoms. The van der Waals surface area contributed by atoms with E-state index in [9.17, 15) is 14.4 Å². The maximum absolute atomic E-state index is 15.4. The topological polar surface area (TPSA) is 88.2 Å². The van der Waals surface area contributed by atoms with E-state index in [2.05, 4.69) is 5.32 Å². The zero-order valence-corrected chi connectivity index (χ0v) is 19.7. The average Bonchev–Trinajstić information content (AvgIpc) is 3.26. The SMILES string of the molecule is CC(=O)NCC1CN(c2ccc(N(Cc3ccccc3)C(=O)OCc3ccccc3)c(F)c2)C(=O)O1. The molecular weight excluding hydrogens is 465 g/mol. The maximum atomic E-state index is 15.4. The van der Waals surface area contributed by atoms with Crippen molar-refractivity contribution in [3.8, 4) is 0 Å². The standard InChI is InChI=1S/C27H26FN3O5/c1-19(32)29-15-23-17-30(27(34)36-23)22-12-13-25(24(28)14-22)31(16-20-8-4-2-5-9-20)26(33)35-18-21-10-6-3-7-11-21/h2-14,23H,15-18H2,1H3,(H,29,32). The minimum Gasteiger partial charge on any atom is -0.444 e. The molecular formula is C27H26FN3O5. The Hall–Kier alpha value is -4.40. The Labute approximate surface area is 208 Å². The van der Waals surface area contributed by atoms with Gasteiger partial charge in [0, 0.05) is 6.92 Å². The number of ether oxygens (including phenoxy) is 2. The van der Waals surface area contributed by atoms with Crippen LogP contribution in [0.4, 0.5) is 25.4 Å². The number of halogens is 1. The molecule has 36 heavy (non-hydrogen) atoms. The highest BCUT2D eigenvalue weighted by Gasteiger charge is 2.33. The fourth-order valence-electron chi connectivity index (χ4n) is 3.79. The first-order valence-electron chi connectivity index (χ1n) is 11.4. The van der Waals surface area contributed by atoms with Crippen LogP contribution in [-0.2, 0) is 27.4 Å². The summed E-state index contributed by atoms with van der Waals surface area (Å²) in [5, 5.41) is 2.60. The highest BCUT2D eigenvalue weighted by Crippen LogP contribution is 2.29. The summed E-state index contributed by atoms with van der Waals surface area (Å²) in [5.41, 5.74) is 1.90. The van der Waals surface area contributed by atoms with Gasteiger partial charge in [0.1, 0.15) is 18.5 Å². The van der Waals surface area contributed by atoms with Crippen molar-refractivity contribution in [2.24, 2.45) is 0 Å². The summed E-state index contributed by atoms with van der Waals surface area (Å²) in [4.78, 5) is 39.0. The summed E-state index contributed by atoms with van der Waals surface area (Å²) in [5.74, 6) is -0.934. The lowest BCUT2D eigenvalue weighted by Gasteiger charge is -2.24. The summed E-state index contributed by atoms with van der Waals surface area (Å²) in [7, 11) is 0. The van der Waals surface area contributed by atoms with Gasteiger partial charge in [0.25, 0.3) is 0 Å². The van der Waals surface area contributed by atoms with E-state index in [0.29, 0.717) is 0 Å². The maximum Gasteiger partial charge on any atom is 0.415 e. The Balaban J connectivity index is 1.53. The molecule has 0 aliphatic carbocycles. The molecule has 1 aliphatic rings. The van der Waals surface area contributed by atoms with Crippen molar-refractivity contribution >= 4 is 29.5 Å². The monoisotopic (exact) mass is 491 g/mol. The number of benzene rings is 3. The van der Waals surface area contributed by atoms with E-state index in [4.69, 9.17) is 9.47 Å². The third kappa shape index (κ3) is 6.18. The predicted octanol–water partition coefficient (Wildman–Crippen LogP) is 4.63. The number of amides is 3. The molecule has 0 saturated carbocycles. The van der Waals surface area contributed by atoms with E-state index in [0.717, 1.165) is 11.1 Å². The summed E-state index contributed by atoms with van der Waals surface area (Å²) in [6.07, 6.45) is -1.89. The lowest BCUT2D eigenvalue weighted by atomic mass is 10.2. The molecule has 1 unspecified atom stereocenters. The zero-order chi connectivity index (χ0) is 25.5. The van der Waals surface area contributed by atoms with Crippen LogP contribution in [0.1, 0.15) is 18.1 Å². The van der Waals surface area contributed by atoms with Crippen molar-refractivity contribution in [3.05, 3.63) is 95.8 Å². The van der Waals surface area contributed by atoms with Gasteiger partial charge in [-0.3, -0.25) is 14.6 Å². The quantitative estimate of drug-likeness (QED) is 0.496. The van der Waals surface area contributed by atoms with Crippen molar-refractivity contribution in [2.75, 3.05) is 22.9 Å². The zero-order valence-electron chi connectivity index (χ0n) is 19.7. The number of cyclic esters (lactones) is 1. The lowest BCUT2D eigenvalue weighted by Crippen LogP contribution is -2.33. The van der Waals surface area contributed by atoms with Crippen molar-refractivity contribution in [3.63, 3.8) is 0 Å². The van der Waals surface area contributed by atoms with Crippen LogP contribution < -0.4 is 15.1 Å². The van der Waals surface area contributed by atoms with E-state index >= 15 is 4.39 Å². The van der Waals surface area contributed by atoms with E-state index in [1.807, 2.05) is 60.7 Å². The number of nitrogens with zero attached hydrogens (tertiary/aromatic N) is 2. The van der Waals surface area contributed by atoms with Crippen LogP contribution in [0.3, 0.4) is 0 Å². The van der Waals surface area contributed by atoms with Gasteiger partial charge in [0.15, 0.2) is 0 Å². The molecule has 1 heterocycles. The fourth-order valence-corrected chi connectivity index (χ4v) is 3.79. The van der Waals surface area contributed by atoms with Gasteiger partial charge in [0.05, 0.1) is 31.0 Å². The minimum absolute atomic E-state index is 0.0167. The van der Waals surface area contributed by atoms with Crippen molar-refractivity contribution in [1.29, 1.82) is 0 Å². The smallest absolute Gasteiger partial charge is 0.415 e. The van der Waals surface area contributed by atoms with Crippen LogP contribution in [0.2, 0.25) is 0 Å². The summed E-state index contributed by atoms with van der Waals surface area (Å²) >= 11 is 0. The number of anilines is 2. The van der Waals surface area contributed by atoms with Gasteiger partial charge in [-0.05, 0) is 29.3 Å². The fraction of sp³-hybridized carbons (Fsp3) is 0.222. The van der Waals surface area contributed by atoms with Gasteiger partial charge in [-0.2, -0.15) is 0 Å². The number of hydrogen-bond donors (Lipinski definition) is 1. The minimum atomic E-state index is -0.703. The largest absolute Gasteiger partial charge is 0.444 e. The Bertz CT molecular complexity index is 1220. The molecule has 3 aromatic rings. The number of hydrogen-bond acceptors (Lipinski definition) is 5. The first-order chi connectivity index (χ1) is 17.4. The Morgan fingerprint density at radius 3 is 2.36 bits per heavy atom. The van der Waals surface area contributed by atoms with E-state index in [1.54, 1.807) is 6.07 Å². The average molecular weight is 492 g/mol. The van der Waals surface area contributed by atoms with Gasteiger partial charge in [-0.15, -0.1) is 0 Å². The molecule has 0 radical (unpaired) electrons. The van der Waals surface area contributed by atoms with Crippen LogP contribution in [0.25, 0.3) is 0 Å². The second kappa shape index (κ2) is 11.4. The highest BCUT2D eigenvalue weighted by molar-refractivity contribution is 5.92. The molecule has 1 N–H and O–H groups in total. The predicted molar refractivity (Wildman–Crippen MR) is 132 cm³/mol. The second-order valence-corrected chi connectivity index (χ2v) is 8.30. The molecule has 1 atom stereocenters. The van der Waals surface area contributed by atoms with Crippen molar-refractivity contribution in [1.82, 2.24) is 5.32 Å². The number of carbonyl (C=O) groups is 3.